The highest BCUT2D eigenvalue weighted by atomic mass is 16.5. The van der Waals surface area contributed by atoms with E-state index in [0.29, 0.717) is 42.9 Å². The Hall–Kier alpha value is -1.22. The number of aliphatic hydroxyl groups is 2. The van der Waals surface area contributed by atoms with E-state index < -0.39 is 24.2 Å². The van der Waals surface area contributed by atoms with Crippen molar-refractivity contribution >= 4 is 11.8 Å². The molecule has 3 aliphatic carbocycles. The minimum Gasteiger partial charge on any atom is -0.393 e. The molecule has 204 valence electrons. The van der Waals surface area contributed by atoms with Crippen molar-refractivity contribution in [2.75, 3.05) is 32.8 Å². The van der Waals surface area contributed by atoms with Crippen molar-refractivity contribution in [1.29, 1.82) is 0 Å². The van der Waals surface area contributed by atoms with Gasteiger partial charge in [-0.1, -0.05) is 25.7 Å². The highest BCUT2D eigenvalue weighted by Crippen LogP contribution is 2.39. The fraction of sp³-hybridized carbons (Fsp3) is 0.929. The number of hydrogen-bond acceptors (Lipinski definition) is 6. The molecule has 0 bridgehead atoms. The van der Waals surface area contributed by atoms with Gasteiger partial charge in [-0.15, -0.1) is 0 Å². The lowest BCUT2D eigenvalue weighted by atomic mass is 9.78. The average molecular weight is 506 g/mol. The number of nitrogens with zero attached hydrogens (tertiary/aromatic N) is 2. The fourth-order valence-corrected chi connectivity index (χ4v) is 7.85. The molecule has 2 amide bonds. The molecular formula is C28H47N3O5. The van der Waals surface area contributed by atoms with Crippen LogP contribution in [0.5, 0.6) is 0 Å². The van der Waals surface area contributed by atoms with Crippen molar-refractivity contribution in [1.82, 2.24) is 15.1 Å². The molecule has 0 aromatic heterocycles. The molecule has 8 nitrogen and oxygen atoms in total. The van der Waals surface area contributed by atoms with Crippen LogP contribution in [0.3, 0.4) is 0 Å². The summed E-state index contributed by atoms with van der Waals surface area (Å²) in [6.45, 7) is 5.36. The number of rotatable bonds is 6. The Morgan fingerprint density at radius 3 is 2.47 bits per heavy atom. The second-order valence-electron chi connectivity index (χ2n) is 12.4. The minimum absolute atomic E-state index is 0.0137. The van der Waals surface area contributed by atoms with Gasteiger partial charge in [0.05, 0.1) is 24.2 Å². The SMILES string of the molecule is CC(=O)N1CCC(NC2CCCC3CN(C(=O)C4C(O)CC(O)CC4OCC4CCCCC4)CC32)C1. The maximum atomic E-state index is 13.8. The quantitative estimate of drug-likeness (QED) is 0.510. The first kappa shape index (κ1) is 26.4. The van der Waals surface area contributed by atoms with E-state index in [1.807, 2.05) is 9.80 Å². The van der Waals surface area contributed by atoms with Gasteiger partial charge in [0, 0.05) is 64.6 Å². The van der Waals surface area contributed by atoms with Crippen molar-refractivity contribution < 1.29 is 24.5 Å². The number of hydrogen-bond donors (Lipinski definition) is 3. The zero-order valence-corrected chi connectivity index (χ0v) is 22.0. The molecule has 36 heavy (non-hydrogen) atoms. The molecule has 2 saturated heterocycles. The second-order valence-corrected chi connectivity index (χ2v) is 12.4. The van der Waals surface area contributed by atoms with Crippen LogP contribution in [-0.4, -0.2) is 95.0 Å². The molecule has 0 aromatic rings. The predicted molar refractivity (Wildman–Crippen MR) is 136 cm³/mol. The first-order valence-electron chi connectivity index (χ1n) is 14.7. The molecule has 8 atom stereocenters. The van der Waals surface area contributed by atoms with Crippen LogP contribution in [0, 0.1) is 23.7 Å². The van der Waals surface area contributed by atoms with E-state index in [1.54, 1.807) is 6.92 Å². The monoisotopic (exact) mass is 505 g/mol. The Morgan fingerprint density at radius 2 is 1.72 bits per heavy atom. The molecule has 5 fully saturated rings. The fourth-order valence-electron chi connectivity index (χ4n) is 7.85. The van der Waals surface area contributed by atoms with Gasteiger partial charge in [0.25, 0.3) is 0 Å². The van der Waals surface area contributed by atoms with Crippen molar-refractivity contribution in [3.8, 4) is 0 Å². The van der Waals surface area contributed by atoms with E-state index in [0.717, 1.165) is 51.9 Å². The van der Waals surface area contributed by atoms with Gasteiger partial charge in [-0.25, -0.2) is 0 Å². The van der Waals surface area contributed by atoms with Gasteiger partial charge in [0.15, 0.2) is 0 Å². The first-order valence-corrected chi connectivity index (χ1v) is 14.7. The number of aliphatic hydroxyl groups excluding tert-OH is 2. The summed E-state index contributed by atoms with van der Waals surface area (Å²) in [5, 5.41) is 25.1. The van der Waals surface area contributed by atoms with E-state index in [1.165, 1.54) is 32.1 Å². The summed E-state index contributed by atoms with van der Waals surface area (Å²) in [6.07, 6.45) is 9.33. The van der Waals surface area contributed by atoms with Crippen molar-refractivity contribution in [2.24, 2.45) is 23.7 Å². The molecule has 0 radical (unpaired) electrons. The van der Waals surface area contributed by atoms with E-state index in [-0.39, 0.29) is 18.2 Å². The lowest BCUT2D eigenvalue weighted by Gasteiger charge is -2.39. The largest absolute Gasteiger partial charge is 0.393 e. The Labute approximate surface area is 216 Å². The summed E-state index contributed by atoms with van der Waals surface area (Å²) in [4.78, 5) is 29.5. The van der Waals surface area contributed by atoms with E-state index in [4.69, 9.17) is 4.74 Å². The van der Waals surface area contributed by atoms with Gasteiger partial charge in [-0.05, 0) is 49.9 Å². The normalized spacial score (nSPS) is 39.9. The summed E-state index contributed by atoms with van der Waals surface area (Å²) in [7, 11) is 0. The zero-order chi connectivity index (χ0) is 25.2. The number of likely N-dealkylation sites (tertiary alicyclic amines) is 2. The van der Waals surface area contributed by atoms with Gasteiger partial charge in [-0.3, -0.25) is 9.59 Å². The summed E-state index contributed by atoms with van der Waals surface area (Å²) < 4.78 is 6.30. The summed E-state index contributed by atoms with van der Waals surface area (Å²) in [5.74, 6) is 1.01. The molecular weight excluding hydrogens is 458 g/mol. The van der Waals surface area contributed by atoms with E-state index in [2.05, 4.69) is 5.32 Å². The molecule has 5 rings (SSSR count). The number of carbonyl (C=O) groups is 2. The van der Waals surface area contributed by atoms with Crippen LogP contribution < -0.4 is 5.32 Å². The van der Waals surface area contributed by atoms with Gasteiger partial charge < -0.3 is 30.1 Å². The molecule has 8 unspecified atom stereocenters. The molecule has 0 aromatic carbocycles. The highest BCUT2D eigenvalue weighted by molar-refractivity contribution is 5.80. The van der Waals surface area contributed by atoms with Crippen LogP contribution in [0.4, 0.5) is 0 Å². The smallest absolute Gasteiger partial charge is 0.230 e. The van der Waals surface area contributed by atoms with Crippen molar-refractivity contribution in [3.63, 3.8) is 0 Å². The van der Waals surface area contributed by atoms with Crippen LogP contribution in [-0.2, 0) is 14.3 Å². The van der Waals surface area contributed by atoms with E-state index in [9.17, 15) is 19.8 Å². The van der Waals surface area contributed by atoms with Crippen LogP contribution in [0.15, 0.2) is 0 Å². The maximum absolute atomic E-state index is 13.8. The van der Waals surface area contributed by atoms with E-state index >= 15 is 0 Å². The third kappa shape index (κ3) is 5.92. The number of amides is 2. The number of fused-ring (bicyclic) bond motifs is 1. The van der Waals surface area contributed by atoms with Crippen LogP contribution in [0.2, 0.25) is 0 Å². The first-order chi connectivity index (χ1) is 17.4. The summed E-state index contributed by atoms with van der Waals surface area (Å²) in [6, 6.07) is 0.705. The summed E-state index contributed by atoms with van der Waals surface area (Å²) >= 11 is 0. The Kier molecular flexibility index (Phi) is 8.55. The van der Waals surface area contributed by atoms with Gasteiger partial charge >= 0.3 is 0 Å². The maximum Gasteiger partial charge on any atom is 0.230 e. The van der Waals surface area contributed by atoms with Gasteiger partial charge in [0.1, 0.15) is 0 Å². The van der Waals surface area contributed by atoms with Crippen molar-refractivity contribution in [2.45, 2.75) is 108 Å². The molecule has 5 aliphatic rings. The minimum atomic E-state index is -0.856. The van der Waals surface area contributed by atoms with Crippen molar-refractivity contribution in [3.05, 3.63) is 0 Å². The Morgan fingerprint density at radius 1 is 0.917 bits per heavy atom. The second kappa shape index (κ2) is 11.7. The molecule has 0 spiro atoms. The highest BCUT2D eigenvalue weighted by Gasteiger charge is 2.48. The molecule has 8 heteroatoms. The number of ether oxygens (including phenoxy) is 1. The predicted octanol–water partition coefficient (Wildman–Crippen LogP) is 1.92. The van der Waals surface area contributed by atoms with Crippen LogP contribution in [0.1, 0.15) is 77.6 Å². The standard InChI is InChI=1S/C28H47N3O5/c1-18(32)30-11-10-21(15-30)29-24-9-5-8-20-14-31(16-23(20)24)28(35)27-25(34)12-22(33)13-26(27)36-17-19-6-3-2-4-7-19/h19-27,29,33-34H,2-17H2,1H3. The van der Waals surface area contributed by atoms with Crippen LogP contribution >= 0.6 is 0 Å². The van der Waals surface area contributed by atoms with Gasteiger partial charge in [-0.2, -0.15) is 0 Å². The third-order valence-electron chi connectivity index (χ3n) is 9.88. The molecule has 3 N–H and O–H groups in total. The Bertz CT molecular complexity index is 774. The number of carbonyl (C=O) groups excluding carboxylic acids is 2. The lowest BCUT2D eigenvalue weighted by molar-refractivity contribution is -0.158. The molecule has 2 heterocycles. The zero-order valence-electron chi connectivity index (χ0n) is 22.0. The van der Waals surface area contributed by atoms with Gasteiger partial charge in [0.2, 0.25) is 11.8 Å². The van der Waals surface area contributed by atoms with Crippen LogP contribution in [0.25, 0.3) is 0 Å². The molecule has 3 saturated carbocycles. The lowest BCUT2D eigenvalue weighted by Crippen LogP contribution is -2.52. The summed E-state index contributed by atoms with van der Waals surface area (Å²) in [5.41, 5.74) is 0. The Balaban J connectivity index is 1.20. The topological polar surface area (TPSA) is 102 Å². The number of nitrogens with one attached hydrogen (secondary N) is 1. The average Bonchev–Trinajstić information content (AvgIpc) is 3.51. The molecule has 2 aliphatic heterocycles. The third-order valence-corrected chi connectivity index (χ3v) is 9.88.